The first kappa shape index (κ1) is 14.3. The second-order valence-corrected chi connectivity index (χ2v) is 5.15. The molecule has 0 bridgehead atoms. The molecule has 1 heterocycles. The van der Waals surface area contributed by atoms with Gasteiger partial charge in [0.15, 0.2) is 0 Å². The molecular weight excluding hydrogens is 246 g/mol. The number of rotatable bonds is 6. The topological polar surface area (TPSA) is 70.7 Å². The second kappa shape index (κ2) is 6.86. The van der Waals surface area contributed by atoms with Crippen LogP contribution in [0.3, 0.4) is 0 Å². The molecule has 1 unspecified atom stereocenters. The molecule has 1 saturated heterocycles. The Morgan fingerprint density at radius 2 is 2.16 bits per heavy atom. The summed E-state index contributed by atoms with van der Waals surface area (Å²) in [6.07, 6.45) is 2.53. The maximum Gasteiger partial charge on any atom is 0.245 e. The molecule has 6 nitrogen and oxygen atoms in total. The fraction of sp³-hybridized carbons (Fsp3) is 0.846. The van der Waals surface area contributed by atoms with E-state index in [-0.39, 0.29) is 11.8 Å². The summed E-state index contributed by atoms with van der Waals surface area (Å²) >= 11 is 0. The van der Waals surface area contributed by atoms with Crippen molar-refractivity contribution in [2.75, 3.05) is 39.4 Å². The lowest BCUT2D eigenvalue weighted by atomic mass is 10.2. The number of ether oxygens (including phenoxy) is 1. The van der Waals surface area contributed by atoms with Crippen LogP contribution in [0, 0.1) is 5.92 Å². The highest BCUT2D eigenvalue weighted by atomic mass is 16.5. The summed E-state index contributed by atoms with van der Waals surface area (Å²) in [5.41, 5.74) is 0. The Balaban J connectivity index is 1.82. The molecule has 2 N–H and O–H groups in total. The predicted octanol–water partition coefficient (Wildman–Crippen LogP) is -0.650. The molecule has 108 valence electrons. The van der Waals surface area contributed by atoms with E-state index in [4.69, 9.17) is 4.74 Å². The Morgan fingerprint density at radius 1 is 1.37 bits per heavy atom. The summed E-state index contributed by atoms with van der Waals surface area (Å²) in [6, 6.07) is -0.482. The predicted molar refractivity (Wildman–Crippen MR) is 70.6 cm³/mol. The standard InChI is InChI=1S/C13H23N3O3/c1-2-15-13(18)11-9-19-6-5-16(11)12(17)8-14-7-10-3-4-10/h10-11,14H,2-9H2,1H3,(H,15,18). The van der Waals surface area contributed by atoms with Gasteiger partial charge in [-0.15, -0.1) is 0 Å². The summed E-state index contributed by atoms with van der Waals surface area (Å²) in [4.78, 5) is 25.7. The number of morpholine rings is 1. The van der Waals surface area contributed by atoms with Crippen molar-refractivity contribution >= 4 is 11.8 Å². The number of hydrogen-bond acceptors (Lipinski definition) is 4. The quantitative estimate of drug-likeness (QED) is 0.672. The molecule has 2 rings (SSSR count). The number of carbonyl (C=O) groups is 2. The van der Waals surface area contributed by atoms with Crippen molar-refractivity contribution in [1.82, 2.24) is 15.5 Å². The molecule has 0 aromatic rings. The van der Waals surface area contributed by atoms with Crippen LogP contribution in [0.1, 0.15) is 19.8 Å². The van der Waals surface area contributed by atoms with Gasteiger partial charge in [0.25, 0.3) is 0 Å². The Kier molecular flexibility index (Phi) is 5.15. The Labute approximate surface area is 113 Å². The van der Waals surface area contributed by atoms with Gasteiger partial charge in [-0.05, 0) is 32.2 Å². The van der Waals surface area contributed by atoms with E-state index in [1.54, 1.807) is 4.90 Å². The maximum absolute atomic E-state index is 12.1. The molecule has 0 radical (unpaired) electrons. The summed E-state index contributed by atoms with van der Waals surface area (Å²) in [7, 11) is 0. The molecule has 1 saturated carbocycles. The summed E-state index contributed by atoms with van der Waals surface area (Å²) in [5, 5.41) is 5.92. The van der Waals surface area contributed by atoms with Gasteiger partial charge in [0, 0.05) is 13.1 Å². The SMILES string of the molecule is CCNC(=O)C1COCCN1C(=O)CNCC1CC1. The second-order valence-electron chi connectivity index (χ2n) is 5.15. The number of carbonyl (C=O) groups excluding carboxylic acids is 2. The molecule has 6 heteroatoms. The number of likely N-dealkylation sites (N-methyl/N-ethyl adjacent to an activating group) is 1. The maximum atomic E-state index is 12.1. The van der Waals surface area contributed by atoms with E-state index in [1.807, 2.05) is 6.92 Å². The van der Waals surface area contributed by atoms with Gasteiger partial charge in [-0.25, -0.2) is 0 Å². The number of nitrogens with one attached hydrogen (secondary N) is 2. The lowest BCUT2D eigenvalue weighted by molar-refractivity contribution is -0.147. The van der Waals surface area contributed by atoms with Crippen molar-refractivity contribution in [1.29, 1.82) is 0 Å². The van der Waals surface area contributed by atoms with Gasteiger partial charge in [0.1, 0.15) is 6.04 Å². The molecule has 19 heavy (non-hydrogen) atoms. The number of hydrogen-bond donors (Lipinski definition) is 2. The molecule has 2 amide bonds. The van der Waals surface area contributed by atoms with Gasteiger partial charge in [-0.1, -0.05) is 0 Å². The van der Waals surface area contributed by atoms with Crippen LogP contribution < -0.4 is 10.6 Å². The highest BCUT2D eigenvalue weighted by Gasteiger charge is 2.32. The molecule has 2 aliphatic rings. The normalized spacial score (nSPS) is 23.2. The first-order chi connectivity index (χ1) is 9.22. The van der Waals surface area contributed by atoms with Gasteiger partial charge in [-0.2, -0.15) is 0 Å². The lowest BCUT2D eigenvalue weighted by Gasteiger charge is -2.34. The van der Waals surface area contributed by atoms with Crippen LogP contribution >= 0.6 is 0 Å². The highest BCUT2D eigenvalue weighted by molar-refractivity contribution is 5.88. The highest BCUT2D eigenvalue weighted by Crippen LogP contribution is 2.27. The first-order valence-corrected chi connectivity index (χ1v) is 7.08. The lowest BCUT2D eigenvalue weighted by Crippen LogP contribution is -2.57. The Morgan fingerprint density at radius 3 is 2.84 bits per heavy atom. The number of amides is 2. The van der Waals surface area contributed by atoms with Crippen molar-refractivity contribution in [2.45, 2.75) is 25.8 Å². The molecule has 0 aromatic carbocycles. The third-order valence-corrected chi connectivity index (χ3v) is 3.51. The average Bonchev–Trinajstić information content (AvgIpc) is 3.23. The fourth-order valence-corrected chi connectivity index (χ4v) is 2.22. The zero-order valence-electron chi connectivity index (χ0n) is 11.5. The van der Waals surface area contributed by atoms with E-state index in [0.29, 0.717) is 32.8 Å². The van der Waals surface area contributed by atoms with E-state index in [2.05, 4.69) is 10.6 Å². The van der Waals surface area contributed by atoms with E-state index in [1.165, 1.54) is 12.8 Å². The molecule has 0 spiro atoms. The van der Waals surface area contributed by atoms with Gasteiger partial charge in [-0.3, -0.25) is 9.59 Å². The van der Waals surface area contributed by atoms with Gasteiger partial charge >= 0.3 is 0 Å². The molecule has 1 aliphatic heterocycles. The van der Waals surface area contributed by atoms with Crippen molar-refractivity contribution in [3.05, 3.63) is 0 Å². The van der Waals surface area contributed by atoms with Crippen LogP contribution in [0.4, 0.5) is 0 Å². The zero-order chi connectivity index (χ0) is 13.7. The number of nitrogens with zero attached hydrogens (tertiary/aromatic N) is 1. The zero-order valence-corrected chi connectivity index (χ0v) is 11.5. The van der Waals surface area contributed by atoms with Crippen LogP contribution in [0.2, 0.25) is 0 Å². The van der Waals surface area contributed by atoms with Crippen LogP contribution in [0.25, 0.3) is 0 Å². The minimum Gasteiger partial charge on any atom is -0.377 e. The summed E-state index contributed by atoms with van der Waals surface area (Å²) in [6.45, 7) is 4.94. The largest absolute Gasteiger partial charge is 0.377 e. The minimum atomic E-state index is -0.482. The van der Waals surface area contributed by atoms with E-state index < -0.39 is 6.04 Å². The van der Waals surface area contributed by atoms with Crippen molar-refractivity contribution in [2.24, 2.45) is 5.92 Å². The van der Waals surface area contributed by atoms with Gasteiger partial charge in [0.05, 0.1) is 19.8 Å². The third kappa shape index (κ3) is 4.18. The Hall–Kier alpha value is -1.14. The summed E-state index contributed by atoms with van der Waals surface area (Å²) < 4.78 is 5.31. The minimum absolute atomic E-state index is 0.0137. The molecule has 0 aromatic heterocycles. The van der Waals surface area contributed by atoms with Crippen LogP contribution in [0.5, 0.6) is 0 Å². The van der Waals surface area contributed by atoms with Crippen LogP contribution in [-0.4, -0.2) is 62.1 Å². The third-order valence-electron chi connectivity index (χ3n) is 3.51. The monoisotopic (exact) mass is 269 g/mol. The molecule has 1 atom stereocenters. The van der Waals surface area contributed by atoms with Gasteiger partial charge in [0.2, 0.25) is 11.8 Å². The fourth-order valence-electron chi connectivity index (χ4n) is 2.22. The molecule has 2 fully saturated rings. The average molecular weight is 269 g/mol. The van der Waals surface area contributed by atoms with E-state index in [0.717, 1.165) is 12.5 Å². The first-order valence-electron chi connectivity index (χ1n) is 7.08. The van der Waals surface area contributed by atoms with Crippen LogP contribution in [0.15, 0.2) is 0 Å². The van der Waals surface area contributed by atoms with E-state index in [9.17, 15) is 9.59 Å². The van der Waals surface area contributed by atoms with E-state index >= 15 is 0 Å². The van der Waals surface area contributed by atoms with Gasteiger partial charge < -0.3 is 20.3 Å². The smallest absolute Gasteiger partial charge is 0.245 e. The van der Waals surface area contributed by atoms with Crippen LogP contribution in [-0.2, 0) is 14.3 Å². The van der Waals surface area contributed by atoms with Crippen molar-refractivity contribution < 1.29 is 14.3 Å². The molecular formula is C13H23N3O3. The molecule has 1 aliphatic carbocycles. The summed E-state index contributed by atoms with van der Waals surface area (Å²) in [5.74, 6) is 0.606. The van der Waals surface area contributed by atoms with Crippen molar-refractivity contribution in [3.63, 3.8) is 0 Å². The van der Waals surface area contributed by atoms with Crippen molar-refractivity contribution in [3.8, 4) is 0 Å². The Bertz CT molecular complexity index is 331.